The lowest BCUT2D eigenvalue weighted by Crippen LogP contribution is -2.00. The lowest BCUT2D eigenvalue weighted by Gasteiger charge is -2.07. The minimum Gasteiger partial charge on any atom is -0.496 e. The second-order valence-electron chi connectivity index (χ2n) is 4.58. The molecule has 23 heavy (non-hydrogen) atoms. The fraction of sp³-hybridized carbons (Fsp3) is 0.176. The summed E-state index contributed by atoms with van der Waals surface area (Å²) >= 11 is 5.95. The molecular weight excluding hydrogens is 318 g/mol. The molecule has 2 aromatic carbocycles. The first-order valence-corrected chi connectivity index (χ1v) is 7.18. The molecule has 0 aliphatic carbocycles. The van der Waals surface area contributed by atoms with E-state index in [9.17, 15) is 4.79 Å². The summed E-state index contributed by atoms with van der Waals surface area (Å²) in [7, 11) is 2.93. The van der Waals surface area contributed by atoms with E-state index in [0.29, 0.717) is 16.3 Å². The van der Waals surface area contributed by atoms with Crippen molar-refractivity contribution in [2.45, 2.75) is 6.61 Å². The molecule has 0 unspecified atom stereocenters. The number of nitrogens with zero attached hydrogens (tertiary/aromatic N) is 1. The SMILES string of the molecule is COC(=O)c1ccc(/C=N/OCc2cc(Cl)ccc2OC)cc1. The van der Waals surface area contributed by atoms with Gasteiger partial charge in [0.2, 0.25) is 0 Å². The highest BCUT2D eigenvalue weighted by atomic mass is 35.5. The van der Waals surface area contributed by atoms with Crippen LogP contribution >= 0.6 is 11.6 Å². The molecule has 0 fully saturated rings. The zero-order valence-corrected chi connectivity index (χ0v) is 13.5. The van der Waals surface area contributed by atoms with E-state index in [-0.39, 0.29) is 12.6 Å². The number of esters is 1. The van der Waals surface area contributed by atoms with E-state index in [1.54, 1.807) is 55.8 Å². The number of methoxy groups -OCH3 is 2. The molecule has 0 aliphatic heterocycles. The minimum atomic E-state index is -0.377. The van der Waals surface area contributed by atoms with E-state index >= 15 is 0 Å². The van der Waals surface area contributed by atoms with Crippen molar-refractivity contribution >= 4 is 23.8 Å². The van der Waals surface area contributed by atoms with Crippen LogP contribution in [0.5, 0.6) is 5.75 Å². The standard InChI is InChI=1S/C17H16ClNO4/c1-21-16-8-7-15(18)9-14(16)11-23-19-10-12-3-5-13(6-4-12)17(20)22-2/h3-10H,11H2,1-2H3/b19-10+. The molecule has 6 heteroatoms. The number of rotatable bonds is 6. The maximum Gasteiger partial charge on any atom is 0.337 e. The van der Waals surface area contributed by atoms with E-state index in [1.165, 1.54) is 7.11 Å². The molecule has 0 saturated carbocycles. The average Bonchev–Trinajstić information content (AvgIpc) is 2.58. The normalized spacial score (nSPS) is 10.6. The molecule has 0 radical (unpaired) electrons. The zero-order chi connectivity index (χ0) is 16.7. The Balaban J connectivity index is 1.94. The quantitative estimate of drug-likeness (QED) is 0.459. The van der Waals surface area contributed by atoms with E-state index in [0.717, 1.165) is 11.1 Å². The zero-order valence-electron chi connectivity index (χ0n) is 12.8. The number of halogens is 1. The van der Waals surface area contributed by atoms with Gasteiger partial charge in [-0.1, -0.05) is 28.9 Å². The number of benzene rings is 2. The van der Waals surface area contributed by atoms with E-state index in [4.69, 9.17) is 21.2 Å². The Morgan fingerprint density at radius 1 is 1.17 bits per heavy atom. The molecule has 2 aromatic rings. The number of ether oxygens (including phenoxy) is 2. The molecule has 0 bridgehead atoms. The largest absolute Gasteiger partial charge is 0.496 e. The maximum atomic E-state index is 11.3. The average molecular weight is 334 g/mol. The maximum absolute atomic E-state index is 11.3. The third kappa shape index (κ3) is 4.72. The number of oxime groups is 1. The van der Waals surface area contributed by atoms with Crippen LogP contribution in [-0.2, 0) is 16.2 Å². The highest BCUT2D eigenvalue weighted by Crippen LogP contribution is 2.23. The van der Waals surface area contributed by atoms with Gasteiger partial charge < -0.3 is 14.3 Å². The van der Waals surface area contributed by atoms with Gasteiger partial charge in [0, 0.05) is 10.6 Å². The van der Waals surface area contributed by atoms with Gasteiger partial charge in [-0.25, -0.2) is 4.79 Å². The smallest absolute Gasteiger partial charge is 0.337 e. The van der Waals surface area contributed by atoms with Gasteiger partial charge in [0.1, 0.15) is 12.4 Å². The Morgan fingerprint density at radius 2 is 1.91 bits per heavy atom. The topological polar surface area (TPSA) is 57.1 Å². The van der Waals surface area contributed by atoms with Crippen molar-refractivity contribution in [2.24, 2.45) is 5.16 Å². The highest BCUT2D eigenvalue weighted by Gasteiger charge is 2.05. The molecule has 0 saturated heterocycles. The lowest BCUT2D eigenvalue weighted by molar-refractivity contribution is 0.0600. The molecule has 0 amide bonds. The van der Waals surface area contributed by atoms with Crippen LogP contribution in [0.1, 0.15) is 21.5 Å². The van der Waals surface area contributed by atoms with Gasteiger partial charge >= 0.3 is 5.97 Å². The van der Waals surface area contributed by atoms with Crippen LogP contribution in [0.3, 0.4) is 0 Å². The van der Waals surface area contributed by atoms with Crippen LogP contribution in [0.4, 0.5) is 0 Å². The molecule has 0 aromatic heterocycles. The van der Waals surface area contributed by atoms with Crippen molar-refractivity contribution in [1.82, 2.24) is 0 Å². The van der Waals surface area contributed by atoms with Crippen molar-refractivity contribution < 1.29 is 19.1 Å². The second kappa shape index (κ2) is 8.19. The van der Waals surface area contributed by atoms with Crippen LogP contribution in [0.15, 0.2) is 47.6 Å². The molecule has 0 atom stereocenters. The Labute approximate surface area is 139 Å². The summed E-state index contributed by atoms with van der Waals surface area (Å²) in [6.45, 7) is 0.237. The predicted octanol–water partition coefficient (Wildman–Crippen LogP) is 3.69. The second-order valence-corrected chi connectivity index (χ2v) is 5.01. The lowest BCUT2D eigenvalue weighted by atomic mass is 10.1. The van der Waals surface area contributed by atoms with Gasteiger partial charge in [-0.15, -0.1) is 0 Å². The molecule has 0 aliphatic rings. The Hall–Kier alpha value is -2.53. The number of carbonyl (C=O) groups is 1. The van der Waals surface area contributed by atoms with Crippen LogP contribution < -0.4 is 4.74 Å². The van der Waals surface area contributed by atoms with Crippen LogP contribution in [0.25, 0.3) is 0 Å². The number of hydrogen-bond acceptors (Lipinski definition) is 5. The Kier molecular flexibility index (Phi) is 6.00. The summed E-state index contributed by atoms with van der Waals surface area (Å²) < 4.78 is 9.86. The Bertz CT molecular complexity index is 698. The fourth-order valence-corrected chi connectivity index (χ4v) is 2.08. The van der Waals surface area contributed by atoms with Crippen molar-refractivity contribution in [3.63, 3.8) is 0 Å². The number of hydrogen-bond donors (Lipinski definition) is 0. The molecule has 2 rings (SSSR count). The first-order valence-electron chi connectivity index (χ1n) is 6.80. The molecule has 0 spiro atoms. The summed E-state index contributed by atoms with van der Waals surface area (Å²) in [5.74, 6) is 0.310. The van der Waals surface area contributed by atoms with Gasteiger partial charge in [-0.2, -0.15) is 0 Å². The van der Waals surface area contributed by atoms with Crippen molar-refractivity contribution in [3.8, 4) is 5.75 Å². The van der Waals surface area contributed by atoms with E-state index < -0.39 is 0 Å². The van der Waals surface area contributed by atoms with Crippen LogP contribution in [0, 0.1) is 0 Å². The first kappa shape index (κ1) is 16.8. The summed E-state index contributed by atoms with van der Waals surface area (Å²) in [4.78, 5) is 16.6. The third-order valence-corrected chi connectivity index (χ3v) is 3.31. The highest BCUT2D eigenvalue weighted by molar-refractivity contribution is 6.30. The van der Waals surface area contributed by atoms with Gasteiger partial charge in [-0.05, 0) is 35.9 Å². The van der Waals surface area contributed by atoms with Crippen molar-refractivity contribution in [2.75, 3.05) is 14.2 Å². The minimum absolute atomic E-state index is 0.237. The summed E-state index contributed by atoms with van der Waals surface area (Å²) in [6.07, 6.45) is 1.55. The van der Waals surface area contributed by atoms with Crippen molar-refractivity contribution in [1.29, 1.82) is 0 Å². The Morgan fingerprint density at radius 3 is 2.57 bits per heavy atom. The van der Waals surface area contributed by atoms with Gasteiger partial charge in [0.25, 0.3) is 0 Å². The molecule has 0 heterocycles. The van der Waals surface area contributed by atoms with Gasteiger partial charge in [-0.3, -0.25) is 0 Å². The molecule has 0 N–H and O–H groups in total. The molecule has 5 nitrogen and oxygen atoms in total. The van der Waals surface area contributed by atoms with Gasteiger partial charge in [0.15, 0.2) is 0 Å². The van der Waals surface area contributed by atoms with Crippen LogP contribution in [0.2, 0.25) is 5.02 Å². The predicted molar refractivity (Wildman–Crippen MR) is 88.2 cm³/mol. The van der Waals surface area contributed by atoms with Crippen LogP contribution in [-0.4, -0.2) is 26.4 Å². The van der Waals surface area contributed by atoms with E-state index in [1.807, 2.05) is 0 Å². The first-order chi connectivity index (χ1) is 11.1. The molecule has 120 valence electrons. The van der Waals surface area contributed by atoms with Gasteiger partial charge in [0.05, 0.1) is 26.0 Å². The number of carbonyl (C=O) groups excluding carboxylic acids is 1. The summed E-state index contributed by atoms with van der Waals surface area (Å²) in [5, 5.41) is 4.50. The van der Waals surface area contributed by atoms with Crippen molar-refractivity contribution in [3.05, 3.63) is 64.2 Å². The van der Waals surface area contributed by atoms with E-state index in [2.05, 4.69) is 9.89 Å². The third-order valence-electron chi connectivity index (χ3n) is 3.07. The monoisotopic (exact) mass is 333 g/mol. The fourth-order valence-electron chi connectivity index (χ4n) is 1.89. The molecular formula is C17H16ClNO4. The summed E-state index contributed by atoms with van der Waals surface area (Å²) in [5.41, 5.74) is 2.09. The summed E-state index contributed by atoms with van der Waals surface area (Å²) in [6, 6.07) is 12.1.